The van der Waals surface area contributed by atoms with Crippen LogP contribution in [0.15, 0.2) is 36.5 Å². The van der Waals surface area contributed by atoms with Crippen molar-refractivity contribution in [2.45, 2.75) is 38.8 Å². The van der Waals surface area contributed by atoms with Gasteiger partial charge < -0.3 is 4.74 Å². The Hall–Kier alpha value is -3.68. The maximum absolute atomic E-state index is 15.8. The van der Waals surface area contributed by atoms with Crippen LogP contribution in [0.2, 0.25) is 0 Å². The van der Waals surface area contributed by atoms with Gasteiger partial charge in [-0.2, -0.15) is 0 Å². The summed E-state index contributed by atoms with van der Waals surface area (Å²) < 4.78 is 61.7. The molecule has 1 fully saturated rings. The van der Waals surface area contributed by atoms with Gasteiger partial charge in [-0.1, -0.05) is 11.8 Å². The van der Waals surface area contributed by atoms with Crippen LogP contribution < -0.4 is 10.2 Å². The number of fused-ring (bicyclic) bond motifs is 1. The van der Waals surface area contributed by atoms with Gasteiger partial charge in [0.15, 0.2) is 11.6 Å². The van der Waals surface area contributed by atoms with E-state index in [0.29, 0.717) is 59.8 Å². The highest BCUT2D eigenvalue weighted by atomic mass is 19.2. The van der Waals surface area contributed by atoms with E-state index in [9.17, 15) is 23.2 Å². The number of piperidine rings is 1. The van der Waals surface area contributed by atoms with Gasteiger partial charge in [-0.15, -0.1) is 0 Å². The van der Waals surface area contributed by atoms with E-state index < -0.39 is 34.9 Å². The minimum atomic E-state index is -1.38. The van der Waals surface area contributed by atoms with Crippen molar-refractivity contribution in [3.05, 3.63) is 70.7 Å². The lowest BCUT2D eigenvalue weighted by atomic mass is 9.73. The molecule has 2 heterocycles. The van der Waals surface area contributed by atoms with Crippen LogP contribution in [0.5, 0.6) is 5.75 Å². The Bertz CT molecular complexity index is 1430. The lowest BCUT2D eigenvalue weighted by molar-refractivity contribution is -0.143. The average Bonchev–Trinajstić information content (AvgIpc) is 2.94. The topological polar surface area (TPSA) is 74.7 Å². The normalized spacial score (nSPS) is 15.9. The average molecular weight is 544 g/mol. The highest BCUT2D eigenvalue weighted by molar-refractivity contribution is 5.85. The summed E-state index contributed by atoms with van der Waals surface area (Å²) in [5.41, 5.74) is 2.20. The van der Waals surface area contributed by atoms with Crippen molar-refractivity contribution in [2.24, 2.45) is 5.41 Å². The number of hydrogen-bond donors (Lipinski definition) is 2. The molecule has 10 heteroatoms. The first-order valence-corrected chi connectivity index (χ1v) is 12.5. The van der Waals surface area contributed by atoms with Crippen molar-refractivity contribution in [3.8, 4) is 17.6 Å². The van der Waals surface area contributed by atoms with Crippen LogP contribution >= 0.6 is 0 Å². The molecular weight excluding hydrogens is 514 g/mol. The zero-order valence-corrected chi connectivity index (χ0v) is 21.7. The van der Waals surface area contributed by atoms with E-state index >= 15 is 4.39 Å². The Morgan fingerprint density at radius 3 is 2.67 bits per heavy atom. The standard InChI is InChI=1S/C29H29F4N3O3/c1-18-17-34-25-6-5-21(39-2)16-22(25)26(18)23(31)7-8-29(28(37)35-38)9-12-36(13-10-29)11-3-4-19-14-20(30)15-24(32)27(19)33/h5-6,14-17,23,38H,7-13H2,1-2H3,(H,35,37). The van der Waals surface area contributed by atoms with E-state index in [4.69, 9.17) is 4.74 Å². The molecule has 6 nitrogen and oxygen atoms in total. The summed E-state index contributed by atoms with van der Waals surface area (Å²) in [5, 5.41) is 10.1. The van der Waals surface area contributed by atoms with E-state index in [1.807, 2.05) is 4.90 Å². The lowest BCUT2D eigenvalue weighted by Crippen LogP contribution is -2.48. The molecule has 0 saturated carbocycles. The van der Waals surface area contributed by atoms with Crippen molar-refractivity contribution in [3.63, 3.8) is 0 Å². The van der Waals surface area contributed by atoms with Crippen LogP contribution in [0.1, 0.15) is 48.5 Å². The third kappa shape index (κ3) is 6.15. The Kier molecular flexibility index (Phi) is 8.73. The number of halogens is 4. The van der Waals surface area contributed by atoms with Crippen LogP contribution in [-0.4, -0.2) is 47.7 Å². The van der Waals surface area contributed by atoms with Crippen molar-refractivity contribution >= 4 is 16.8 Å². The molecule has 206 valence electrons. The molecule has 0 radical (unpaired) electrons. The molecule has 1 amide bonds. The van der Waals surface area contributed by atoms with Crippen molar-refractivity contribution in [1.29, 1.82) is 0 Å². The molecule has 2 aromatic carbocycles. The number of nitrogens with one attached hydrogen (secondary N) is 1. The van der Waals surface area contributed by atoms with Crippen LogP contribution in [-0.2, 0) is 4.79 Å². The predicted molar refractivity (Wildman–Crippen MR) is 137 cm³/mol. The molecule has 1 aliphatic rings. The number of amides is 1. The molecule has 1 unspecified atom stereocenters. The SMILES string of the molecule is COc1ccc2ncc(C)c(C(F)CCC3(C(=O)NO)CCN(CC#Cc4cc(F)cc(F)c4F)CC3)c2c1. The summed E-state index contributed by atoms with van der Waals surface area (Å²) in [6.45, 7) is 2.79. The molecule has 39 heavy (non-hydrogen) atoms. The zero-order chi connectivity index (χ0) is 28.2. The van der Waals surface area contributed by atoms with Crippen LogP contribution in [0.3, 0.4) is 0 Å². The number of methoxy groups -OCH3 is 1. The minimum absolute atomic E-state index is 0.0504. The lowest BCUT2D eigenvalue weighted by Gasteiger charge is -2.40. The third-order valence-corrected chi connectivity index (χ3v) is 7.42. The number of carbonyl (C=O) groups is 1. The number of benzene rings is 2. The number of hydroxylamine groups is 1. The zero-order valence-electron chi connectivity index (χ0n) is 21.7. The number of aromatic nitrogens is 1. The number of nitrogens with zero attached hydrogens (tertiary/aromatic N) is 2. The molecule has 1 aromatic heterocycles. The summed E-state index contributed by atoms with van der Waals surface area (Å²) in [6, 6.07) is 6.55. The van der Waals surface area contributed by atoms with Gasteiger partial charge in [-0.25, -0.2) is 23.0 Å². The molecule has 0 spiro atoms. The maximum atomic E-state index is 15.8. The second kappa shape index (κ2) is 12.0. The summed E-state index contributed by atoms with van der Waals surface area (Å²) >= 11 is 0. The smallest absolute Gasteiger partial charge is 0.249 e. The Morgan fingerprint density at radius 2 is 1.97 bits per heavy atom. The van der Waals surface area contributed by atoms with E-state index in [1.165, 1.54) is 7.11 Å². The molecule has 4 rings (SSSR count). The van der Waals surface area contributed by atoms with E-state index in [0.717, 1.165) is 6.07 Å². The van der Waals surface area contributed by atoms with Crippen molar-refractivity contribution in [2.75, 3.05) is 26.7 Å². The van der Waals surface area contributed by atoms with Crippen LogP contribution in [0.4, 0.5) is 17.6 Å². The van der Waals surface area contributed by atoms with Crippen LogP contribution in [0.25, 0.3) is 10.9 Å². The summed E-state index contributed by atoms with van der Waals surface area (Å²) in [4.78, 5) is 19.0. The van der Waals surface area contributed by atoms with Gasteiger partial charge >= 0.3 is 0 Å². The molecular formula is C29H29F4N3O3. The highest BCUT2D eigenvalue weighted by Gasteiger charge is 2.41. The van der Waals surface area contributed by atoms with E-state index in [1.54, 1.807) is 36.8 Å². The molecule has 1 atom stereocenters. The molecule has 1 saturated heterocycles. The predicted octanol–water partition coefficient (Wildman–Crippen LogP) is 5.40. The molecule has 0 bridgehead atoms. The maximum Gasteiger partial charge on any atom is 0.249 e. The first kappa shape index (κ1) is 28.3. The Labute approximate surface area is 223 Å². The van der Waals surface area contributed by atoms with Crippen LogP contribution in [0, 0.1) is 41.6 Å². The fourth-order valence-corrected chi connectivity index (χ4v) is 5.12. The number of ether oxygens (including phenoxy) is 1. The number of alkyl halides is 1. The number of likely N-dealkylation sites (tertiary alicyclic amines) is 1. The fraction of sp³-hybridized carbons (Fsp3) is 0.379. The number of carbonyl (C=O) groups excluding carboxylic acids is 1. The Morgan fingerprint density at radius 1 is 1.23 bits per heavy atom. The number of aryl methyl sites for hydroxylation is 1. The minimum Gasteiger partial charge on any atom is -0.497 e. The van der Waals surface area contributed by atoms with Gasteiger partial charge in [0.1, 0.15) is 17.7 Å². The van der Waals surface area contributed by atoms with Gasteiger partial charge in [0, 0.05) is 30.7 Å². The fourth-order valence-electron chi connectivity index (χ4n) is 5.12. The van der Waals surface area contributed by atoms with Gasteiger partial charge in [0.2, 0.25) is 5.91 Å². The molecule has 3 aromatic rings. The second-order valence-corrected chi connectivity index (χ2v) is 9.79. The Balaban J connectivity index is 1.45. The molecule has 0 aliphatic carbocycles. The van der Waals surface area contributed by atoms with E-state index in [2.05, 4.69) is 16.8 Å². The monoisotopic (exact) mass is 543 g/mol. The van der Waals surface area contributed by atoms with Gasteiger partial charge in [0.25, 0.3) is 0 Å². The van der Waals surface area contributed by atoms with Gasteiger partial charge in [0.05, 0.1) is 30.1 Å². The highest BCUT2D eigenvalue weighted by Crippen LogP contribution is 2.41. The number of rotatable bonds is 7. The summed E-state index contributed by atoms with van der Waals surface area (Å²) in [7, 11) is 1.53. The first-order valence-electron chi connectivity index (χ1n) is 12.5. The van der Waals surface area contributed by atoms with Crippen molar-refractivity contribution in [1.82, 2.24) is 15.4 Å². The summed E-state index contributed by atoms with van der Waals surface area (Å²) in [5.74, 6) is 1.74. The number of hydrogen-bond acceptors (Lipinski definition) is 5. The largest absolute Gasteiger partial charge is 0.497 e. The molecule has 1 aliphatic heterocycles. The van der Waals surface area contributed by atoms with E-state index in [-0.39, 0.29) is 24.9 Å². The molecule has 2 N–H and O–H groups in total. The van der Waals surface area contributed by atoms with Gasteiger partial charge in [-0.05, 0) is 68.0 Å². The first-order chi connectivity index (χ1) is 18.7. The number of pyridine rings is 1. The summed E-state index contributed by atoms with van der Waals surface area (Å²) in [6.07, 6.45) is 1.16. The quantitative estimate of drug-likeness (QED) is 0.137. The second-order valence-electron chi connectivity index (χ2n) is 9.79. The van der Waals surface area contributed by atoms with Gasteiger partial charge in [-0.3, -0.25) is 19.9 Å². The van der Waals surface area contributed by atoms with Crippen molar-refractivity contribution < 1.29 is 32.3 Å². The third-order valence-electron chi connectivity index (χ3n) is 7.42.